The quantitative estimate of drug-likeness (QED) is 0.484. The van der Waals surface area contributed by atoms with Crippen molar-refractivity contribution in [2.75, 3.05) is 17.7 Å². The molecule has 1 amide bonds. The van der Waals surface area contributed by atoms with Crippen LogP contribution in [0.1, 0.15) is 15.9 Å². The minimum absolute atomic E-state index is 0.217. The zero-order valence-corrected chi connectivity index (χ0v) is 15.4. The highest BCUT2D eigenvalue weighted by atomic mass is 16.1. The summed E-state index contributed by atoms with van der Waals surface area (Å²) in [6.45, 7) is 0. The predicted molar refractivity (Wildman–Crippen MR) is 108 cm³/mol. The van der Waals surface area contributed by atoms with Crippen LogP contribution in [0, 0.1) is 11.3 Å². The summed E-state index contributed by atoms with van der Waals surface area (Å²) in [7, 11) is 1.58. The van der Waals surface area contributed by atoms with Gasteiger partial charge in [-0.3, -0.25) is 9.20 Å². The third-order valence-electron chi connectivity index (χ3n) is 4.18. The Bertz CT molecular complexity index is 1220. The van der Waals surface area contributed by atoms with Gasteiger partial charge >= 0.3 is 0 Å². The van der Waals surface area contributed by atoms with E-state index in [9.17, 15) is 4.79 Å². The van der Waals surface area contributed by atoms with Crippen LogP contribution in [-0.4, -0.2) is 32.3 Å². The fourth-order valence-electron chi connectivity index (χ4n) is 2.76. The summed E-state index contributed by atoms with van der Waals surface area (Å²) in [4.78, 5) is 25.3. The number of amides is 1. The van der Waals surface area contributed by atoms with E-state index in [4.69, 9.17) is 5.26 Å². The van der Waals surface area contributed by atoms with Gasteiger partial charge < -0.3 is 16.0 Å². The Morgan fingerprint density at radius 3 is 2.62 bits per heavy atom. The molecule has 0 aliphatic heterocycles. The van der Waals surface area contributed by atoms with E-state index >= 15 is 0 Å². The van der Waals surface area contributed by atoms with E-state index < -0.39 is 0 Å². The van der Waals surface area contributed by atoms with Gasteiger partial charge in [-0.15, -0.1) is 0 Å². The molecule has 2 heterocycles. The molecule has 0 spiro atoms. The van der Waals surface area contributed by atoms with Crippen molar-refractivity contribution in [3.63, 3.8) is 0 Å². The van der Waals surface area contributed by atoms with Gasteiger partial charge in [0, 0.05) is 25.1 Å². The first-order valence-electron chi connectivity index (χ1n) is 8.74. The number of aromatic nitrogens is 4. The van der Waals surface area contributed by atoms with Crippen LogP contribution in [-0.2, 0) is 0 Å². The van der Waals surface area contributed by atoms with Crippen LogP contribution in [0.4, 0.5) is 23.3 Å². The summed E-state index contributed by atoms with van der Waals surface area (Å²) in [6, 6.07) is 16.2. The minimum Gasteiger partial charge on any atom is -0.355 e. The number of carbonyl (C=O) groups excluding carboxylic acids is 1. The number of imidazole rings is 1. The molecule has 0 aliphatic rings. The minimum atomic E-state index is -0.217. The lowest BCUT2D eigenvalue weighted by Gasteiger charge is -2.12. The van der Waals surface area contributed by atoms with Crippen molar-refractivity contribution < 1.29 is 4.79 Å². The maximum absolute atomic E-state index is 12.1. The fraction of sp³-hybridized carbons (Fsp3) is 0.0500. The number of nitriles is 1. The average Bonchev–Trinajstić information content (AvgIpc) is 3.23. The van der Waals surface area contributed by atoms with Crippen molar-refractivity contribution in [2.45, 2.75) is 0 Å². The van der Waals surface area contributed by atoms with E-state index in [1.165, 1.54) is 0 Å². The number of rotatable bonds is 5. The molecule has 9 nitrogen and oxygen atoms in total. The Kier molecular flexibility index (Phi) is 4.74. The molecule has 4 aromatic rings. The summed E-state index contributed by atoms with van der Waals surface area (Å²) in [5.41, 5.74) is 2.38. The SMILES string of the molecule is CNC(=O)c1ccccc1Nc1nc(Nc2ccc(C#N)cc2)n2ccnc2n1. The first-order valence-corrected chi connectivity index (χ1v) is 8.74. The van der Waals surface area contributed by atoms with Crippen LogP contribution < -0.4 is 16.0 Å². The molecule has 0 radical (unpaired) electrons. The number of benzene rings is 2. The number of nitrogens with zero attached hydrogens (tertiary/aromatic N) is 5. The second-order valence-corrected chi connectivity index (χ2v) is 6.03. The number of nitrogens with one attached hydrogen (secondary N) is 3. The smallest absolute Gasteiger partial charge is 0.253 e. The van der Waals surface area contributed by atoms with E-state index in [1.54, 1.807) is 66.3 Å². The van der Waals surface area contributed by atoms with Crippen LogP contribution >= 0.6 is 0 Å². The largest absolute Gasteiger partial charge is 0.355 e. The standard InChI is InChI=1S/C20H16N8O/c1-22-17(29)15-4-2-3-5-16(15)25-18-26-19-23-10-11-28(19)20(27-18)24-14-8-6-13(12-21)7-9-14/h2-11H,1H3,(H,22,29)(H2,23,24,25,26,27). The number of carbonyl (C=O) groups is 1. The maximum Gasteiger partial charge on any atom is 0.253 e. The van der Waals surface area contributed by atoms with Crippen molar-refractivity contribution >= 4 is 35.0 Å². The first kappa shape index (κ1) is 17.9. The third kappa shape index (κ3) is 3.68. The van der Waals surface area contributed by atoms with Crippen molar-refractivity contribution in [1.29, 1.82) is 5.26 Å². The highest BCUT2D eigenvalue weighted by Gasteiger charge is 2.13. The number of fused-ring (bicyclic) bond motifs is 1. The Balaban J connectivity index is 1.70. The summed E-state index contributed by atoms with van der Waals surface area (Å²) in [5, 5.41) is 17.9. The van der Waals surface area contributed by atoms with Crippen molar-refractivity contribution in [2.24, 2.45) is 0 Å². The molecular weight excluding hydrogens is 368 g/mol. The van der Waals surface area contributed by atoms with Crippen molar-refractivity contribution in [3.8, 4) is 6.07 Å². The highest BCUT2D eigenvalue weighted by Crippen LogP contribution is 2.22. The zero-order chi connectivity index (χ0) is 20.2. The molecule has 142 valence electrons. The van der Waals surface area contributed by atoms with Gasteiger partial charge in [0.15, 0.2) is 0 Å². The van der Waals surface area contributed by atoms with Gasteiger partial charge in [0.1, 0.15) is 0 Å². The number of para-hydroxylation sites is 1. The zero-order valence-electron chi connectivity index (χ0n) is 15.4. The van der Waals surface area contributed by atoms with Crippen LogP contribution in [0.2, 0.25) is 0 Å². The molecule has 0 saturated carbocycles. The van der Waals surface area contributed by atoms with E-state index in [0.717, 1.165) is 5.69 Å². The fourth-order valence-corrected chi connectivity index (χ4v) is 2.76. The van der Waals surface area contributed by atoms with E-state index in [-0.39, 0.29) is 11.9 Å². The molecule has 0 atom stereocenters. The number of hydrogen-bond donors (Lipinski definition) is 3. The highest BCUT2D eigenvalue weighted by molar-refractivity contribution is 5.99. The number of hydrogen-bond acceptors (Lipinski definition) is 7. The Morgan fingerprint density at radius 1 is 1.07 bits per heavy atom. The molecule has 0 aliphatic carbocycles. The lowest BCUT2D eigenvalue weighted by molar-refractivity contribution is 0.0964. The van der Waals surface area contributed by atoms with Crippen LogP contribution in [0.25, 0.3) is 5.78 Å². The van der Waals surface area contributed by atoms with Crippen molar-refractivity contribution in [1.82, 2.24) is 24.7 Å². The van der Waals surface area contributed by atoms with Crippen molar-refractivity contribution in [3.05, 3.63) is 72.1 Å². The lowest BCUT2D eigenvalue weighted by Crippen LogP contribution is -2.19. The normalized spacial score (nSPS) is 10.3. The lowest BCUT2D eigenvalue weighted by atomic mass is 10.1. The summed E-state index contributed by atoms with van der Waals surface area (Å²) in [6.07, 6.45) is 3.36. The molecule has 2 aromatic carbocycles. The molecule has 9 heteroatoms. The van der Waals surface area contributed by atoms with E-state index in [1.807, 2.05) is 6.07 Å². The monoisotopic (exact) mass is 384 g/mol. The van der Waals surface area contributed by atoms with Gasteiger partial charge in [-0.25, -0.2) is 4.98 Å². The van der Waals surface area contributed by atoms with Gasteiger partial charge in [-0.05, 0) is 36.4 Å². The van der Waals surface area contributed by atoms with Gasteiger partial charge in [0.05, 0.1) is 22.9 Å². The topological polar surface area (TPSA) is 120 Å². The molecule has 0 unspecified atom stereocenters. The second-order valence-electron chi connectivity index (χ2n) is 6.03. The molecule has 0 bridgehead atoms. The predicted octanol–water partition coefficient (Wildman–Crippen LogP) is 2.84. The van der Waals surface area contributed by atoms with Crippen LogP contribution in [0.15, 0.2) is 60.9 Å². The van der Waals surface area contributed by atoms with Crippen LogP contribution in [0.5, 0.6) is 0 Å². The number of anilines is 4. The molecule has 0 saturated heterocycles. The third-order valence-corrected chi connectivity index (χ3v) is 4.18. The Morgan fingerprint density at radius 2 is 1.86 bits per heavy atom. The average molecular weight is 384 g/mol. The molecular formula is C20H16N8O. The van der Waals surface area contributed by atoms with E-state index in [0.29, 0.717) is 28.5 Å². The molecule has 29 heavy (non-hydrogen) atoms. The van der Waals surface area contributed by atoms with Gasteiger partial charge in [0.25, 0.3) is 5.91 Å². The Labute approximate surface area is 166 Å². The van der Waals surface area contributed by atoms with Gasteiger partial charge in [-0.2, -0.15) is 15.2 Å². The van der Waals surface area contributed by atoms with Gasteiger partial charge in [-0.1, -0.05) is 12.1 Å². The Hall–Kier alpha value is -4.45. The first-order chi connectivity index (χ1) is 14.2. The second kappa shape index (κ2) is 7.66. The molecule has 3 N–H and O–H groups in total. The summed E-state index contributed by atoms with van der Waals surface area (Å²) >= 11 is 0. The summed E-state index contributed by atoms with van der Waals surface area (Å²) < 4.78 is 1.70. The van der Waals surface area contributed by atoms with Gasteiger partial charge in [0.2, 0.25) is 17.7 Å². The van der Waals surface area contributed by atoms with E-state index in [2.05, 4.69) is 37.0 Å². The molecule has 0 fully saturated rings. The molecule has 2 aromatic heterocycles. The maximum atomic E-state index is 12.1. The summed E-state index contributed by atoms with van der Waals surface area (Å²) in [5.74, 6) is 0.996. The van der Waals surface area contributed by atoms with Crippen LogP contribution in [0.3, 0.4) is 0 Å². The molecule has 4 rings (SSSR count).